The van der Waals surface area contributed by atoms with E-state index in [1.807, 2.05) is 13.8 Å². The molecule has 3 aromatic rings. The van der Waals surface area contributed by atoms with Crippen molar-refractivity contribution >= 4 is 23.2 Å². The number of nitrogens with zero attached hydrogens (tertiary/aromatic N) is 2. The van der Waals surface area contributed by atoms with E-state index < -0.39 is 5.41 Å². The van der Waals surface area contributed by atoms with Gasteiger partial charge in [-0.2, -0.15) is 0 Å². The molecule has 0 spiro atoms. The minimum atomic E-state index is -0.526. The zero-order valence-corrected chi connectivity index (χ0v) is 16.0. The van der Waals surface area contributed by atoms with Crippen molar-refractivity contribution in [3.63, 3.8) is 0 Å². The fourth-order valence-electron chi connectivity index (χ4n) is 2.55. The summed E-state index contributed by atoms with van der Waals surface area (Å²) < 4.78 is 18.6. The normalized spacial score (nSPS) is 11.1. The predicted molar refractivity (Wildman–Crippen MR) is 105 cm³/mol. The number of hydrogen-bond acceptors (Lipinski definition) is 3. The second-order valence-corrected chi connectivity index (χ2v) is 7.29. The van der Waals surface area contributed by atoms with Gasteiger partial charge in [0.15, 0.2) is 5.69 Å². The van der Waals surface area contributed by atoms with Crippen LogP contribution in [0.4, 0.5) is 10.1 Å². The van der Waals surface area contributed by atoms with Crippen LogP contribution >= 0.6 is 11.6 Å². The molecule has 0 fully saturated rings. The van der Waals surface area contributed by atoms with Crippen molar-refractivity contribution in [2.24, 2.45) is 0 Å². The molecule has 0 aliphatic heterocycles. The molecule has 28 heavy (non-hydrogen) atoms. The second-order valence-electron chi connectivity index (χ2n) is 6.89. The molecule has 0 radical (unpaired) electrons. The molecule has 7 heteroatoms. The van der Waals surface area contributed by atoms with Gasteiger partial charge in [-0.3, -0.25) is 4.79 Å². The van der Waals surface area contributed by atoms with Crippen LogP contribution in [0.25, 0.3) is 16.3 Å². The summed E-state index contributed by atoms with van der Waals surface area (Å²) in [5, 5.41) is 3.11. The van der Waals surface area contributed by atoms with Crippen LogP contribution in [0.3, 0.4) is 0 Å². The molecular weight excluding hydrogens is 381 g/mol. The van der Waals surface area contributed by atoms with Crippen molar-refractivity contribution < 1.29 is 13.6 Å². The van der Waals surface area contributed by atoms with E-state index in [-0.39, 0.29) is 28.9 Å². The minimum Gasteiger partial charge on any atom is -0.444 e. The topological polar surface area (TPSA) is 59.5 Å². The Labute approximate surface area is 167 Å². The molecule has 0 bridgehead atoms. The molecule has 1 heterocycles. The van der Waals surface area contributed by atoms with E-state index in [9.17, 15) is 9.18 Å². The maximum absolute atomic E-state index is 13.1. The van der Waals surface area contributed by atoms with Crippen LogP contribution in [0, 0.1) is 12.4 Å². The summed E-state index contributed by atoms with van der Waals surface area (Å²) in [4.78, 5) is 20.3. The van der Waals surface area contributed by atoms with Gasteiger partial charge in [-0.1, -0.05) is 37.6 Å². The lowest BCUT2D eigenvalue weighted by atomic mass is 9.90. The van der Waals surface area contributed by atoms with Crippen molar-refractivity contribution in [2.75, 3.05) is 6.54 Å². The highest BCUT2D eigenvalue weighted by Crippen LogP contribution is 2.27. The van der Waals surface area contributed by atoms with E-state index in [1.54, 1.807) is 18.2 Å². The van der Waals surface area contributed by atoms with E-state index >= 15 is 0 Å². The van der Waals surface area contributed by atoms with Gasteiger partial charge >= 0.3 is 0 Å². The molecule has 1 amide bonds. The van der Waals surface area contributed by atoms with Crippen LogP contribution < -0.4 is 5.32 Å². The van der Waals surface area contributed by atoms with Gasteiger partial charge in [0.2, 0.25) is 5.89 Å². The average molecular weight is 398 g/mol. The standard InChI is InChI=1S/C21H17ClFN3O2/c1-21(2,12-25-19(27)16-10-15(24-3)8-9-17(16)22)18-11-28-20(26-18)13-4-6-14(23)7-5-13/h4-11H,12H2,1-2H3,(H,25,27). The van der Waals surface area contributed by atoms with Gasteiger partial charge in [0.05, 0.1) is 17.3 Å². The van der Waals surface area contributed by atoms with E-state index in [2.05, 4.69) is 15.1 Å². The van der Waals surface area contributed by atoms with E-state index in [0.717, 1.165) is 0 Å². The van der Waals surface area contributed by atoms with Crippen LogP contribution in [-0.4, -0.2) is 17.4 Å². The Morgan fingerprint density at radius 3 is 2.68 bits per heavy atom. The number of rotatable bonds is 5. The predicted octanol–water partition coefficient (Wildman–Crippen LogP) is 5.39. The molecule has 0 saturated heterocycles. The summed E-state index contributed by atoms with van der Waals surface area (Å²) in [5.41, 5.74) is 1.37. The number of carbonyl (C=O) groups excluding carboxylic acids is 1. The Morgan fingerprint density at radius 1 is 1.29 bits per heavy atom. The van der Waals surface area contributed by atoms with Gasteiger partial charge in [-0.15, -0.1) is 0 Å². The first kappa shape index (κ1) is 19.6. The van der Waals surface area contributed by atoms with E-state index in [0.29, 0.717) is 22.8 Å². The number of benzene rings is 2. The van der Waals surface area contributed by atoms with Crippen LogP contribution in [0.15, 0.2) is 53.1 Å². The molecule has 2 aromatic carbocycles. The van der Waals surface area contributed by atoms with Crippen LogP contribution in [0.1, 0.15) is 29.9 Å². The Bertz CT molecular complexity index is 1050. The van der Waals surface area contributed by atoms with Gasteiger partial charge in [0.1, 0.15) is 12.1 Å². The second kappa shape index (κ2) is 7.83. The lowest BCUT2D eigenvalue weighted by molar-refractivity contribution is 0.0945. The molecule has 1 N–H and O–H groups in total. The lowest BCUT2D eigenvalue weighted by Crippen LogP contribution is -2.37. The van der Waals surface area contributed by atoms with E-state index in [1.165, 1.54) is 30.5 Å². The van der Waals surface area contributed by atoms with Crippen molar-refractivity contribution in [2.45, 2.75) is 19.3 Å². The summed E-state index contributed by atoms with van der Waals surface area (Å²) in [6, 6.07) is 10.4. The third-order valence-electron chi connectivity index (χ3n) is 4.30. The summed E-state index contributed by atoms with van der Waals surface area (Å²) in [6.45, 7) is 11.2. The fraction of sp³-hybridized carbons (Fsp3) is 0.190. The number of aromatic nitrogens is 1. The largest absolute Gasteiger partial charge is 0.444 e. The Hall–Kier alpha value is -3.17. The molecule has 3 rings (SSSR count). The zero-order chi connectivity index (χ0) is 20.3. The molecule has 0 aliphatic rings. The third kappa shape index (κ3) is 4.21. The number of hydrogen-bond donors (Lipinski definition) is 1. The molecule has 0 atom stereocenters. The Kier molecular flexibility index (Phi) is 5.48. The van der Waals surface area contributed by atoms with Crippen molar-refractivity contribution in [1.82, 2.24) is 10.3 Å². The fourth-order valence-corrected chi connectivity index (χ4v) is 2.76. The highest BCUT2D eigenvalue weighted by atomic mass is 35.5. The summed E-state index contributed by atoms with van der Waals surface area (Å²) in [5.74, 6) is -0.326. The molecular formula is C21H17ClFN3O2. The molecule has 142 valence electrons. The Balaban J connectivity index is 1.73. The van der Waals surface area contributed by atoms with Gasteiger partial charge in [-0.05, 0) is 30.3 Å². The highest BCUT2D eigenvalue weighted by molar-refractivity contribution is 6.34. The third-order valence-corrected chi connectivity index (χ3v) is 4.63. The van der Waals surface area contributed by atoms with E-state index in [4.69, 9.17) is 22.6 Å². The molecule has 0 aliphatic carbocycles. The summed E-state index contributed by atoms with van der Waals surface area (Å²) in [6.07, 6.45) is 1.53. The maximum Gasteiger partial charge on any atom is 0.251 e. The summed E-state index contributed by atoms with van der Waals surface area (Å²) in [7, 11) is 0. The number of halogens is 2. The molecule has 5 nitrogen and oxygen atoms in total. The number of carbonyl (C=O) groups is 1. The maximum atomic E-state index is 13.1. The van der Waals surface area contributed by atoms with Gasteiger partial charge < -0.3 is 9.73 Å². The average Bonchev–Trinajstić information content (AvgIpc) is 3.18. The first-order valence-electron chi connectivity index (χ1n) is 8.47. The quantitative estimate of drug-likeness (QED) is 0.587. The first-order valence-corrected chi connectivity index (χ1v) is 8.85. The van der Waals surface area contributed by atoms with Crippen LogP contribution in [0.2, 0.25) is 5.02 Å². The van der Waals surface area contributed by atoms with Crippen molar-refractivity contribution in [3.8, 4) is 11.5 Å². The lowest BCUT2D eigenvalue weighted by Gasteiger charge is -2.22. The molecule has 1 aromatic heterocycles. The van der Waals surface area contributed by atoms with Crippen molar-refractivity contribution in [1.29, 1.82) is 0 Å². The van der Waals surface area contributed by atoms with Gasteiger partial charge in [0, 0.05) is 23.1 Å². The van der Waals surface area contributed by atoms with Crippen LogP contribution in [-0.2, 0) is 5.41 Å². The van der Waals surface area contributed by atoms with Crippen molar-refractivity contribution in [3.05, 3.63) is 82.2 Å². The highest BCUT2D eigenvalue weighted by Gasteiger charge is 2.26. The first-order chi connectivity index (χ1) is 13.3. The number of amides is 1. The minimum absolute atomic E-state index is 0.248. The molecule has 0 saturated carbocycles. The Morgan fingerprint density at radius 2 is 2.00 bits per heavy atom. The number of nitrogens with one attached hydrogen (secondary N) is 1. The van der Waals surface area contributed by atoms with Crippen LogP contribution in [0.5, 0.6) is 0 Å². The zero-order valence-electron chi connectivity index (χ0n) is 15.3. The number of oxazole rings is 1. The monoisotopic (exact) mass is 397 g/mol. The van der Waals surface area contributed by atoms with Gasteiger partial charge in [-0.25, -0.2) is 14.2 Å². The molecule has 0 unspecified atom stereocenters. The summed E-state index contributed by atoms with van der Waals surface area (Å²) >= 11 is 6.08. The van der Waals surface area contributed by atoms with Gasteiger partial charge in [0.25, 0.3) is 5.91 Å². The SMILES string of the molecule is [C-]#[N+]c1ccc(Cl)c(C(=O)NCC(C)(C)c2coc(-c3ccc(F)cc3)n2)c1. The smallest absolute Gasteiger partial charge is 0.251 e.